The molecule has 0 atom stereocenters. The molecule has 1 aromatic carbocycles. The van der Waals surface area contributed by atoms with E-state index < -0.39 is 17.2 Å². The molecule has 1 aromatic rings. The smallest absolute Gasteiger partial charge is 0.231 e. The molecule has 1 saturated carbocycles. The first-order valence-corrected chi connectivity index (χ1v) is 5.11. The van der Waals surface area contributed by atoms with Crippen LogP contribution in [0.15, 0.2) is 6.07 Å². The number of halogens is 1. The predicted octanol–water partition coefficient (Wildman–Crippen LogP) is 1.33. The Bertz CT molecular complexity index is 454. The molecular weight excluding hydrogens is 215 g/mol. The van der Waals surface area contributed by atoms with E-state index in [1.807, 2.05) is 0 Å². The topological polar surface area (TPSA) is 58.9 Å². The molecule has 1 fully saturated rings. The van der Waals surface area contributed by atoms with Gasteiger partial charge in [-0.1, -0.05) is 0 Å². The number of aromatic hydroxyl groups is 1. The highest BCUT2D eigenvalue weighted by Gasteiger charge is 2.42. The third-order valence-corrected chi connectivity index (χ3v) is 3.02. The summed E-state index contributed by atoms with van der Waals surface area (Å²) in [5.41, 5.74) is -0.516. The molecule has 5 heteroatoms. The van der Waals surface area contributed by atoms with E-state index >= 15 is 0 Å². The largest absolute Gasteiger partial charge is 0.505 e. The summed E-state index contributed by atoms with van der Waals surface area (Å²) >= 11 is 0. The van der Waals surface area contributed by atoms with E-state index in [0.29, 0.717) is 24.2 Å². The van der Waals surface area contributed by atoms with Crippen LogP contribution in [0.4, 0.5) is 4.39 Å². The Morgan fingerprint density at radius 3 is 2.81 bits per heavy atom. The molecule has 0 aromatic heterocycles. The Kier molecular flexibility index (Phi) is 1.83. The van der Waals surface area contributed by atoms with Gasteiger partial charge in [-0.15, -0.1) is 0 Å². The second kappa shape index (κ2) is 3.01. The average Bonchev–Trinajstić information content (AvgIpc) is 2.77. The van der Waals surface area contributed by atoms with Crippen LogP contribution in [0.25, 0.3) is 0 Å². The van der Waals surface area contributed by atoms with Crippen LogP contribution in [0.5, 0.6) is 17.2 Å². The molecule has 0 radical (unpaired) electrons. The summed E-state index contributed by atoms with van der Waals surface area (Å²) in [5.74, 6) is -0.568. The van der Waals surface area contributed by atoms with Crippen molar-refractivity contribution in [2.75, 3.05) is 6.79 Å². The second-order valence-electron chi connectivity index (χ2n) is 4.32. The van der Waals surface area contributed by atoms with Crippen molar-refractivity contribution in [2.24, 2.45) is 0 Å². The van der Waals surface area contributed by atoms with Crippen molar-refractivity contribution in [1.29, 1.82) is 0 Å². The maximum absolute atomic E-state index is 13.4. The van der Waals surface area contributed by atoms with Crippen molar-refractivity contribution in [3.05, 3.63) is 17.4 Å². The minimum Gasteiger partial charge on any atom is -0.505 e. The molecule has 0 saturated heterocycles. The first-order valence-electron chi connectivity index (χ1n) is 5.11. The molecule has 0 amide bonds. The fraction of sp³-hybridized carbons (Fsp3) is 0.455. The van der Waals surface area contributed by atoms with Crippen molar-refractivity contribution >= 4 is 0 Å². The fourth-order valence-electron chi connectivity index (χ4n) is 1.88. The Hall–Kier alpha value is -1.49. The highest BCUT2D eigenvalue weighted by atomic mass is 19.1. The van der Waals surface area contributed by atoms with Crippen molar-refractivity contribution in [3.8, 4) is 17.2 Å². The molecule has 1 aliphatic carbocycles. The van der Waals surface area contributed by atoms with Gasteiger partial charge in [-0.3, -0.25) is 0 Å². The SMILES string of the molecule is Oc1c(F)cc2c(c1CC1(O)CC1)OCO2. The van der Waals surface area contributed by atoms with Crippen LogP contribution in [-0.4, -0.2) is 22.6 Å². The Morgan fingerprint density at radius 1 is 1.38 bits per heavy atom. The zero-order chi connectivity index (χ0) is 11.3. The van der Waals surface area contributed by atoms with Crippen LogP contribution in [0.3, 0.4) is 0 Å². The van der Waals surface area contributed by atoms with Crippen LogP contribution in [-0.2, 0) is 6.42 Å². The second-order valence-corrected chi connectivity index (χ2v) is 4.32. The van der Waals surface area contributed by atoms with Gasteiger partial charge in [-0.2, -0.15) is 0 Å². The summed E-state index contributed by atoms with van der Waals surface area (Å²) in [6.45, 7) is 0.0175. The average molecular weight is 226 g/mol. The molecule has 2 aliphatic rings. The number of fused-ring (bicyclic) bond motifs is 1. The summed E-state index contributed by atoms with van der Waals surface area (Å²) in [7, 11) is 0. The number of phenolic OH excluding ortho intramolecular Hbond substituents is 1. The summed E-state index contributed by atoms with van der Waals surface area (Å²) in [4.78, 5) is 0. The molecule has 86 valence electrons. The Labute approximate surface area is 91.2 Å². The van der Waals surface area contributed by atoms with Crippen molar-refractivity contribution < 1.29 is 24.1 Å². The normalized spacial score (nSPS) is 19.9. The first kappa shape index (κ1) is 9.72. The van der Waals surface area contributed by atoms with E-state index in [4.69, 9.17) is 9.47 Å². The van der Waals surface area contributed by atoms with Gasteiger partial charge in [0.15, 0.2) is 23.1 Å². The summed E-state index contributed by atoms with van der Waals surface area (Å²) in [6, 6.07) is 1.10. The van der Waals surface area contributed by atoms with E-state index in [-0.39, 0.29) is 19.0 Å². The van der Waals surface area contributed by atoms with E-state index in [0.717, 1.165) is 6.07 Å². The number of ether oxygens (including phenoxy) is 2. The number of aliphatic hydroxyl groups is 1. The van der Waals surface area contributed by atoms with Gasteiger partial charge in [0.05, 0.1) is 5.60 Å². The van der Waals surface area contributed by atoms with Crippen LogP contribution in [0.2, 0.25) is 0 Å². The number of hydrogen-bond donors (Lipinski definition) is 2. The van der Waals surface area contributed by atoms with Gasteiger partial charge in [-0.25, -0.2) is 4.39 Å². The predicted molar refractivity (Wildman–Crippen MR) is 52.1 cm³/mol. The summed E-state index contributed by atoms with van der Waals surface area (Å²) in [6.07, 6.45) is 1.53. The fourth-order valence-corrected chi connectivity index (χ4v) is 1.88. The maximum Gasteiger partial charge on any atom is 0.231 e. The van der Waals surface area contributed by atoms with Gasteiger partial charge >= 0.3 is 0 Å². The molecule has 3 rings (SSSR count). The monoisotopic (exact) mass is 226 g/mol. The van der Waals surface area contributed by atoms with Crippen LogP contribution < -0.4 is 9.47 Å². The van der Waals surface area contributed by atoms with E-state index in [9.17, 15) is 14.6 Å². The Morgan fingerprint density at radius 2 is 2.12 bits per heavy atom. The van der Waals surface area contributed by atoms with Gasteiger partial charge < -0.3 is 19.7 Å². The summed E-state index contributed by atoms with van der Waals surface area (Å²) < 4.78 is 23.6. The molecule has 4 nitrogen and oxygen atoms in total. The highest BCUT2D eigenvalue weighted by Crippen LogP contribution is 2.47. The zero-order valence-electron chi connectivity index (χ0n) is 8.49. The molecule has 16 heavy (non-hydrogen) atoms. The lowest BCUT2D eigenvalue weighted by atomic mass is 10.0. The van der Waals surface area contributed by atoms with E-state index in [1.165, 1.54) is 0 Å². The molecule has 0 unspecified atom stereocenters. The van der Waals surface area contributed by atoms with Crippen molar-refractivity contribution in [1.82, 2.24) is 0 Å². The van der Waals surface area contributed by atoms with Gasteiger partial charge in [0.1, 0.15) is 0 Å². The van der Waals surface area contributed by atoms with Crippen LogP contribution >= 0.6 is 0 Å². The maximum atomic E-state index is 13.4. The van der Waals surface area contributed by atoms with Gasteiger partial charge in [0.2, 0.25) is 6.79 Å². The molecule has 1 aliphatic heterocycles. The third kappa shape index (κ3) is 1.39. The summed E-state index contributed by atoms with van der Waals surface area (Å²) in [5, 5.41) is 19.4. The lowest BCUT2D eigenvalue weighted by Gasteiger charge is -2.12. The minimum atomic E-state index is -0.814. The van der Waals surface area contributed by atoms with Gasteiger partial charge in [-0.05, 0) is 12.8 Å². The number of phenols is 1. The third-order valence-electron chi connectivity index (χ3n) is 3.02. The standard InChI is InChI=1S/C11H11FO4/c12-7-3-8-10(16-5-15-8)6(9(7)13)4-11(14)1-2-11/h3,13-14H,1-2,4-5H2. The van der Waals surface area contributed by atoms with E-state index in [2.05, 4.69) is 0 Å². The van der Waals surface area contributed by atoms with E-state index in [1.54, 1.807) is 0 Å². The number of hydrogen-bond acceptors (Lipinski definition) is 4. The lowest BCUT2D eigenvalue weighted by molar-refractivity contribution is 0.146. The van der Waals surface area contributed by atoms with Crippen molar-refractivity contribution in [3.63, 3.8) is 0 Å². The quantitative estimate of drug-likeness (QED) is 0.798. The number of benzene rings is 1. The molecule has 2 N–H and O–H groups in total. The van der Waals surface area contributed by atoms with Gasteiger partial charge in [0.25, 0.3) is 0 Å². The van der Waals surface area contributed by atoms with Crippen LogP contribution in [0.1, 0.15) is 18.4 Å². The van der Waals surface area contributed by atoms with Gasteiger partial charge in [0, 0.05) is 18.1 Å². The van der Waals surface area contributed by atoms with Crippen molar-refractivity contribution in [2.45, 2.75) is 24.9 Å². The molecule has 1 heterocycles. The highest BCUT2D eigenvalue weighted by molar-refractivity contribution is 5.56. The molecule has 0 bridgehead atoms. The minimum absolute atomic E-state index is 0.0175. The number of rotatable bonds is 2. The van der Waals surface area contributed by atoms with Crippen LogP contribution in [0, 0.1) is 5.82 Å². The lowest BCUT2D eigenvalue weighted by Crippen LogP contribution is -2.11. The Balaban J connectivity index is 2.07. The molecule has 0 spiro atoms. The molecular formula is C11H11FO4. The first-order chi connectivity index (χ1) is 7.59. The zero-order valence-corrected chi connectivity index (χ0v) is 8.49.